The van der Waals surface area contributed by atoms with Crippen LogP contribution in [0.2, 0.25) is 0 Å². The molecule has 0 saturated carbocycles. The Hall–Kier alpha value is -1.43. The molecule has 0 saturated heterocycles. The first-order chi connectivity index (χ1) is 8.71. The van der Waals surface area contributed by atoms with Crippen molar-refractivity contribution in [3.8, 4) is 0 Å². The quantitative estimate of drug-likeness (QED) is 0.642. The minimum Gasteiger partial charge on any atom is -0.396 e. The SMILES string of the molecule is CCCc1nc(C(=O)NCC(CC)CCO)n[nH]1. The van der Waals surface area contributed by atoms with Gasteiger partial charge in [0.1, 0.15) is 5.82 Å². The second-order valence-corrected chi connectivity index (χ2v) is 4.35. The van der Waals surface area contributed by atoms with E-state index >= 15 is 0 Å². The van der Waals surface area contributed by atoms with Gasteiger partial charge in [-0.1, -0.05) is 20.3 Å². The van der Waals surface area contributed by atoms with Crippen LogP contribution in [0.5, 0.6) is 0 Å². The predicted octanol–water partition coefficient (Wildman–Crippen LogP) is 0.896. The molecule has 18 heavy (non-hydrogen) atoms. The lowest BCUT2D eigenvalue weighted by molar-refractivity contribution is 0.0933. The zero-order valence-electron chi connectivity index (χ0n) is 11.1. The van der Waals surface area contributed by atoms with Gasteiger partial charge in [0.2, 0.25) is 5.82 Å². The van der Waals surface area contributed by atoms with E-state index in [0.717, 1.165) is 25.1 Å². The van der Waals surface area contributed by atoms with E-state index in [4.69, 9.17) is 5.11 Å². The van der Waals surface area contributed by atoms with Crippen LogP contribution in [0.25, 0.3) is 0 Å². The number of nitrogens with zero attached hydrogens (tertiary/aromatic N) is 2. The molecule has 0 aliphatic heterocycles. The number of aryl methyl sites for hydroxylation is 1. The number of nitrogens with one attached hydrogen (secondary N) is 2. The Kier molecular flexibility index (Phi) is 6.35. The van der Waals surface area contributed by atoms with Gasteiger partial charge >= 0.3 is 0 Å². The van der Waals surface area contributed by atoms with Crippen molar-refractivity contribution in [3.05, 3.63) is 11.6 Å². The fourth-order valence-electron chi connectivity index (χ4n) is 1.69. The van der Waals surface area contributed by atoms with Gasteiger partial charge in [0.25, 0.3) is 5.91 Å². The summed E-state index contributed by atoms with van der Waals surface area (Å²) < 4.78 is 0. The molecule has 0 radical (unpaired) electrons. The minimum atomic E-state index is -0.259. The van der Waals surface area contributed by atoms with Crippen molar-refractivity contribution in [1.82, 2.24) is 20.5 Å². The van der Waals surface area contributed by atoms with E-state index < -0.39 is 0 Å². The summed E-state index contributed by atoms with van der Waals surface area (Å²) in [7, 11) is 0. The number of H-pyrrole nitrogens is 1. The van der Waals surface area contributed by atoms with E-state index in [-0.39, 0.29) is 18.3 Å². The van der Waals surface area contributed by atoms with E-state index in [1.807, 2.05) is 13.8 Å². The number of hydrogen-bond acceptors (Lipinski definition) is 4. The average Bonchev–Trinajstić information content (AvgIpc) is 2.83. The van der Waals surface area contributed by atoms with Crippen molar-refractivity contribution in [1.29, 1.82) is 0 Å². The average molecular weight is 254 g/mol. The molecular weight excluding hydrogens is 232 g/mol. The second-order valence-electron chi connectivity index (χ2n) is 4.35. The first-order valence-corrected chi connectivity index (χ1v) is 6.51. The Morgan fingerprint density at radius 1 is 1.50 bits per heavy atom. The summed E-state index contributed by atoms with van der Waals surface area (Å²) in [5.41, 5.74) is 0. The number of carbonyl (C=O) groups excluding carboxylic acids is 1. The topological polar surface area (TPSA) is 90.9 Å². The Balaban J connectivity index is 2.43. The molecule has 0 bridgehead atoms. The van der Waals surface area contributed by atoms with Gasteiger partial charge in [-0.05, 0) is 18.8 Å². The van der Waals surface area contributed by atoms with Crippen molar-refractivity contribution in [2.24, 2.45) is 5.92 Å². The van der Waals surface area contributed by atoms with Crippen LogP contribution in [-0.4, -0.2) is 39.3 Å². The highest BCUT2D eigenvalue weighted by Crippen LogP contribution is 2.06. The third-order valence-electron chi connectivity index (χ3n) is 2.89. The number of aromatic nitrogens is 3. The minimum absolute atomic E-state index is 0.148. The molecule has 1 unspecified atom stereocenters. The Bertz CT molecular complexity index is 365. The molecule has 0 fully saturated rings. The fourth-order valence-corrected chi connectivity index (χ4v) is 1.69. The van der Waals surface area contributed by atoms with Gasteiger partial charge in [-0.2, -0.15) is 0 Å². The molecule has 0 aliphatic rings. The first-order valence-electron chi connectivity index (χ1n) is 6.51. The summed E-state index contributed by atoms with van der Waals surface area (Å²) in [5, 5.41) is 18.3. The highest BCUT2D eigenvalue weighted by Gasteiger charge is 2.13. The molecule has 1 rings (SSSR count). The number of amides is 1. The van der Waals surface area contributed by atoms with E-state index in [9.17, 15) is 4.79 Å². The predicted molar refractivity (Wildman–Crippen MR) is 68.2 cm³/mol. The van der Waals surface area contributed by atoms with Gasteiger partial charge in [0.15, 0.2) is 0 Å². The number of aromatic amines is 1. The standard InChI is InChI=1S/C12H22N4O2/c1-3-5-10-14-11(16-15-10)12(18)13-8-9(4-2)6-7-17/h9,17H,3-8H2,1-2H3,(H,13,18)(H,14,15,16). The van der Waals surface area contributed by atoms with E-state index in [2.05, 4.69) is 20.5 Å². The van der Waals surface area contributed by atoms with Gasteiger partial charge in [0.05, 0.1) is 0 Å². The maximum absolute atomic E-state index is 11.8. The molecular formula is C12H22N4O2. The smallest absolute Gasteiger partial charge is 0.290 e. The van der Waals surface area contributed by atoms with Crippen molar-refractivity contribution in [2.45, 2.75) is 39.5 Å². The summed E-state index contributed by atoms with van der Waals surface area (Å²) in [5.74, 6) is 0.973. The largest absolute Gasteiger partial charge is 0.396 e. The van der Waals surface area contributed by atoms with Crippen LogP contribution in [0.15, 0.2) is 0 Å². The molecule has 1 aromatic rings. The molecule has 6 nitrogen and oxygen atoms in total. The zero-order valence-corrected chi connectivity index (χ0v) is 11.1. The number of carbonyl (C=O) groups is 1. The maximum Gasteiger partial charge on any atom is 0.290 e. The summed E-state index contributed by atoms with van der Waals surface area (Å²) in [6.07, 6.45) is 3.38. The van der Waals surface area contributed by atoms with Crippen LogP contribution in [0.4, 0.5) is 0 Å². The lowest BCUT2D eigenvalue weighted by atomic mass is 10.0. The van der Waals surface area contributed by atoms with Crippen LogP contribution in [0.1, 0.15) is 49.6 Å². The van der Waals surface area contributed by atoms with E-state index in [0.29, 0.717) is 18.9 Å². The molecule has 3 N–H and O–H groups in total. The molecule has 0 spiro atoms. The second kappa shape index (κ2) is 7.81. The normalized spacial score (nSPS) is 12.4. The number of hydrogen-bond donors (Lipinski definition) is 3. The number of aliphatic hydroxyl groups is 1. The Morgan fingerprint density at radius 3 is 2.89 bits per heavy atom. The van der Waals surface area contributed by atoms with Crippen molar-refractivity contribution >= 4 is 5.91 Å². The Morgan fingerprint density at radius 2 is 2.28 bits per heavy atom. The summed E-state index contributed by atoms with van der Waals surface area (Å²) in [4.78, 5) is 15.9. The summed E-state index contributed by atoms with van der Waals surface area (Å²) in [6.45, 7) is 4.78. The zero-order chi connectivity index (χ0) is 13.4. The molecule has 0 aliphatic carbocycles. The number of aliphatic hydroxyl groups excluding tert-OH is 1. The van der Waals surface area contributed by atoms with Gasteiger partial charge in [0, 0.05) is 19.6 Å². The molecule has 6 heteroatoms. The molecule has 0 aromatic carbocycles. The fraction of sp³-hybridized carbons (Fsp3) is 0.750. The molecule has 1 amide bonds. The first kappa shape index (κ1) is 14.6. The molecule has 1 heterocycles. The molecule has 102 valence electrons. The van der Waals surface area contributed by atoms with Gasteiger partial charge in [-0.25, -0.2) is 4.98 Å². The van der Waals surface area contributed by atoms with Gasteiger partial charge < -0.3 is 10.4 Å². The van der Waals surface area contributed by atoms with Crippen molar-refractivity contribution in [3.63, 3.8) is 0 Å². The third-order valence-corrected chi connectivity index (χ3v) is 2.89. The summed E-state index contributed by atoms with van der Waals surface area (Å²) in [6, 6.07) is 0. The lowest BCUT2D eigenvalue weighted by Gasteiger charge is -2.13. The third kappa shape index (κ3) is 4.44. The van der Waals surface area contributed by atoms with Crippen LogP contribution >= 0.6 is 0 Å². The van der Waals surface area contributed by atoms with Crippen LogP contribution in [0, 0.1) is 5.92 Å². The van der Waals surface area contributed by atoms with E-state index in [1.54, 1.807) is 0 Å². The number of rotatable bonds is 8. The lowest BCUT2D eigenvalue weighted by Crippen LogP contribution is -2.30. The highest BCUT2D eigenvalue weighted by molar-refractivity contribution is 5.90. The Labute approximate surface area is 107 Å². The van der Waals surface area contributed by atoms with Gasteiger partial charge in [-0.15, -0.1) is 5.10 Å². The van der Waals surface area contributed by atoms with Crippen LogP contribution in [0.3, 0.4) is 0 Å². The van der Waals surface area contributed by atoms with Crippen molar-refractivity contribution in [2.75, 3.05) is 13.2 Å². The molecule has 1 aromatic heterocycles. The van der Waals surface area contributed by atoms with Crippen LogP contribution in [-0.2, 0) is 6.42 Å². The highest BCUT2D eigenvalue weighted by atomic mass is 16.3. The maximum atomic E-state index is 11.8. The van der Waals surface area contributed by atoms with E-state index in [1.165, 1.54) is 0 Å². The monoisotopic (exact) mass is 254 g/mol. The van der Waals surface area contributed by atoms with Gasteiger partial charge in [-0.3, -0.25) is 9.89 Å². The van der Waals surface area contributed by atoms with Crippen LogP contribution < -0.4 is 5.32 Å². The van der Waals surface area contributed by atoms with Crippen molar-refractivity contribution < 1.29 is 9.90 Å². The summed E-state index contributed by atoms with van der Waals surface area (Å²) >= 11 is 0. The molecule has 1 atom stereocenters.